The number of benzene rings is 2. The third kappa shape index (κ3) is 3.66. The number of carbonyl (C=O) groups is 3. The number of hydrogen-bond acceptors (Lipinski definition) is 7. The van der Waals surface area contributed by atoms with E-state index in [1.165, 1.54) is 30.3 Å². The zero-order chi connectivity index (χ0) is 20.6. The highest BCUT2D eigenvalue weighted by Crippen LogP contribution is 2.28. The summed E-state index contributed by atoms with van der Waals surface area (Å²) in [5, 5.41) is 25.1. The zero-order valence-corrected chi connectivity index (χ0v) is 15.0. The topological polar surface area (TPSA) is 167 Å². The Hall–Kier alpha value is -3.44. The van der Waals surface area contributed by atoms with Crippen LogP contribution >= 0.6 is 0 Å². The third-order valence-corrected chi connectivity index (χ3v) is 5.08. The molecule has 0 spiro atoms. The lowest BCUT2D eigenvalue weighted by molar-refractivity contribution is -0.127. The SMILES string of the molecule is NS(=O)(=O)c1ccc(N2NC(=O)C(CC(=O)c3cc(O)ccc3O)C2=O)cc1. The lowest BCUT2D eigenvalue weighted by Crippen LogP contribution is -2.35. The van der Waals surface area contributed by atoms with Crippen LogP contribution in [-0.2, 0) is 19.6 Å². The van der Waals surface area contributed by atoms with Crippen molar-refractivity contribution in [2.45, 2.75) is 11.3 Å². The van der Waals surface area contributed by atoms with E-state index in [2.05, 4.69) is 5.43 Å². The standard InChI is InChI=1S/C17H15N3O7S/c18-28(26,27)11-4-1-9(2-5-11)20-17(25)13(16(24)19-20)8-15(23)12-7-10(21)3-6-14(12)22/h1-7,13,21-22H,8H2,(H,19,24)(H2,18,26,27). The Bertz CT molecular complexity index is 1080. The van der Waals surface area contributed by atoms with Gasteiger partial charge in [0.15, 0.2) is 5.78 Å². The first-order valence-corrected chi connectivity index (χ1v) is 9.45. The minimum atomic E-state index is -3.91. The van der Waals surface area contributed by atoms with Gasteiger partial charge in [0.2, 0.25) is 10.0 Å². The molecular formula is C17H15N3O7S. The number of sulfonamides is 1. The Labute approximate surface area is 159 Å². The zero-order valence-electron chi connectivity index (χ0n) is 14.2. The van der Waals surface area contributed by atoms with E-state index in [4.69, 9.17) is 5.14 Å². The van der Waals surface area contributed by atoms with Crippen molar-refractivity contribution in [3.8, 4) is 11.5 Å². The highest BCUT2D eigenvalue weighted by molar-refractivity contribution is 7.89. The van der Waals surface area contributed by atoms with Crippen molar-refractivity contribution in [3.05, 3.63) is 48.0 Å². The number of amides is 2. The van der Waals surface area contributed by atoms with Crippen LogP contribution < -0.4 is 15.6 Å². The number of primary sulfonamides is 1. The average molecular weight is 405 g/mol. The molecule has 1 unspecified atom stereocenters. The van der Waals surface area contributed by atoms with E-state index in [0.29, 0.717) is 0 Å². The van der Waals surface area contributed by atoms with Crippen LogP contribution in [0.4, 0.5) is 5.69 Å². The maximum absolute atomic E-state index is 12.6. The van der Waals surface area contributed by atoms with Crippen LogP contribution in [-0.4, -0.2) is 36.2 Å². The number of nitrogens with zero attached hydrogens (tertiary/aromatic N) is 1. The van der Waals surface area contributed by atoms with Crippen molar-refractivity contribution in [3.63, 3.8) is 0 Å². The molecule has 11 heteroatoms. The first-order chi connectivity index (χ1) is 13.1. The van der Waals surface area contributed by atoms with Crippen LogP contribution in [0.25, 0.3) is 0 Å². The van der Waals surface area contributed by atoms with Crippen LogP contribution in [0, 0.1) is 5.92 Å². The first kappa shape index (κ1) is 19.3. The van der Waals surface area contributed by atoms with Gasteiger partial charge in [0, 0.05) is 6.42 Å². The number of hydrazine groups is 1. The molecule has 1 aliphatic heterocycles. The summed E-state index contributed by atoms with van der Waals surface area (Å²) in [6, 6.07) is 8.26. The molecular weight excluding hydrogens is 390 g/mol. The summed E-state index contributed by atoms with van der Waals surface area (Å²) in [6.45, 7) is 0. The van der Waals surface area contributed by atoms with Gasteiger partial charge in [-0.25, -0.2) is 18.6 Å². The number of nitrogens with one attached hydrogen (secondary N) is 1. The molecule has 1 saturated heterocycles. The number of phenols is 2. The molecule has 146 valence electrons. The third-order valence-electron chi connectivity index (χ3n) is 4.15. The Kier molecular flexibility index (Phi) is 4.79. The van der Waals surface area contributed by atoms with Gasteiger partial charge < -0.3 is 10.2 Å². The summed E-state index contributed by atoms with van der Waals surface area (Å²) in [6.07, 6.45) is -0.520. The Balaban J connectivity index is 1.80. The van der Waals surface area contributed by atoms with Crippen LogP contribution in [0.5, 0.6) is 11.5 Å². The molecule has 1 fully saturated rings. The predicted molar refractivity (Wildman–Crippen MR) is 95.7 cm³/mol. The average Bonchev–Trinajstić information content (AvgIpc) is 2.91. The van der Waals surface area contributed by atoms with Crippen molar-refractivity contribution < 1.29 is 33.0 Å². The normalized spacial score (nSPS) is 16.9. The van der Waals surface area contributed by atoms with Crippen LogP contribution in [0.3, 0.4) is 0 Å². The molecule has 0 bridgehead atoms. The van der Waals surface area contributed by atoms with Crippen LogP contribution in [0.1, 0.15) is 16.8 Å². The quantitative estimate of drug-likeness (QED) is 0.309. The summed E-state index contributed by atoms with van der Waals surface area (Å²) in [4.78, 5) is 36.9. The smallest absolute Gasteiger partial charge is 0.258 e. The molecule has 28 heavy (non-hydrogen) atoms. The molecule has 0 aliphatic carbocycles. The van der Waals surface area contributed by atoms with Gasteiger partial charge in [0.05, 0.1) is 16.1 Å². The van der Waals surface area contributed by atoms with Gasteiger partial charge >= 0.3 is 0 Å². The molecule has 1 heterocycles. The second kappa shape index (κ2) is 6.94. The van der Waals surface area contributed by atoms with Gasteiger partial charge in [0.1, 0.15) is 17.4 Å². The molecule has 1 atom stereocenters. The summed E-state index contributed by atoms with van der Waals surface area (Å²) in [7, 11) is -3.91. The van der Waals surface area contributed by atoms with Crippen molar-refractivity contribution in [1.29, 1.82) is 0 Å². The monoisotopic (exact) mass is 405 g/mol. The molecule has 0 aromatic heterocycles. The molecule has 2 amide bonds. The number of Topliss-reactive ketones (excluding diaryl/α,β-unsaturated/α-hetero) is 1. The fourth-order valence-electron chi connectivity index (χ4n) is 2.71. The van der Waals surface area contributed by atoms with Gasteiger partial charge in [0.25, 0.3) is 11.8 Å². The number of nitrogens with two attached hydrogens (primary N) is 1. The molecule has 1 aliphatic rings. The number of rotatable bonds is 5. The lowest BCUT2D eigenvalue weighted by atomic mass is 9.97. The van der Waals surface area contributed by atoms with E-state index in [1.807, 2.05) is 0 Å². The molecule has 3 rings (SSSR count). The van der Waals surface area contributed by atoms with Crippen LogP contribution in [0.2, 0.25) is 0 Å². The van der Waals surface area contributed by atoms with Crippen molar-refractivity contribution in [1.82, 2.24) is 5.43 Å². The van der Waals surface area contributed by atoms with E-state index in [1.54, 1.807) is 0 Å². The van der Waals surface area contributed by atoms with Gasteiger partial charge in [-0.1, -0.05) is 0 Å². The predicted octanol–water partition coefficient (Wildman–Crippen LogP) is 0.0122. The number of ketones is 1. The summed E-state index contributed by atoms with van der Waals surface area (Å²) in [5.74, 6) is -4.13. The lowest BCUT2D eigenvalue weighted by Gasteiger charge is -2.15. The van der Waals surface area contributed by atoms with Crippen molar-refractivity contribution >= 4 is 33.3 Å². The number of aromatic hydroxyl groups is 2. The Morgan fingerprint density at radius 1 is 1.11 bits per heavy atom. The highest BCUT2D eigenvalue weighted by Gasteiger charge is 2.41. The fourth-order valence-corrected chi connectivity index (χ4v) is 3.23. The van der Waals surface area contributed by atoms with E-state index in [-0.39, 0.29) is 27.6 Å². The van der Waals surface area contributed by atoms with Gasteiger partial charge in [-0.3, -0.25) is 19.8 Å². The summed E-state index contributed by atoms with van der Waals surface area (Å²) < 4.78 is 22.6. The van der Waals surface area contributed by atoms with E-state index in [9.17, 15) is 33.0 Å². The molecule has 0 saturated carbocycles. The largest absolute Gasteiger partial charge is 0.508 e. The maximum Gasteiger partial charge on any atom is 0.258 e. The second-order valence-corrected chi connectivity index (χ2v) is 7.63. The summed E-state index contributed by atoms with van der Waals surface area (Å²) >= 11 is 0. The fraction of sp³-hybridized carbons (Fsp3) is 0.118. The minimum absolute atomic E-state index is 0.166. The minimum Gasteiger partial charge on any atom is -0.508 e. The number of carbonyl (C=O) groups excluding carboxylic acids is 3. The first-order valence-electron chi connectivity index (χ1n) is 7.90. The molecule has 10 nitrogen and oxygen atoms in total. The number of phenolic OH excluding ortho intramolecular Hbond substituents is 2. The molecule has 0 radical (unpaired) electrons. The van der Waals surface area contributed by atoms with Gasteiger partial charge in [-0.15, -0.1) is 0 Å². The van der Waals surface area contributed by atoms with E-state index in [0.717, 1.165) is 17.1 Å². The highest BCUT2D eigenvalue weighted by atomic mass is 32.2. The maximum atomic E-state index is 12.6. The molecule has 5 N–H and O–H groups in total. The molecule has 2 aromatic rings. The van der Waals surface area contributed by atoms with Crippen molar-refractivity contribution in [2.24, 2.45) is 11.1 Å². The number of hydrogen-bond donors (Lipinski definition) is 4. The van der Waals surface area contributed by atoms with Gasteiger partial charge in [-0.2, -0.15) is 0 Å². The Morgan fingerprint density at radius 3 is 2.36 bits per heavy atom. The second-order valence-electron chi connectivity index (χ2n) is 6.07. The Morgan fingerprint density at radius 2 is 1.75 bits per heavy atom. The van der Waals surface area contributed by atoms with E-state index >= 15 is 0 Å². The van der Waals surface area contributed by atoms with Gasteiger partial charge in [-0.05, 0) is 42.5 Å². The van der Waals surface area contributed by atoms with Crippen LogP contribution in [0.15, 0.2) is 47.4 Å². The summed E-state index contributed by atoms with van der Waals surface area (Å²) in [5.41, 5.74) is 2.28. The van der Waals surface area contributed by atoms with E-state index < -0.39 is 40.0 Å². The number of anilines is 1. The molecule has 2 aromatic carbocycles. The van der Waals surface area contributed by atoms with Crippen molar-refractivity contribution in [2.75, 3.05) is 5.01 Å².